The fourth-order valence-electron chi connectivity index (χ4n) is 2.15. The maximum atomic E-state index is 2.40. The third-order valence-corrected chi connectivity index (χ3v) is 3.07. The molecule has 1 heteroatoms. The standard InChI is InChI=1S/C12H17N/c1-9-4-5-10(2)12-8-13(3)7-6-11(9)12/h4-5H,6-8H2,1-3H3. The molecule has 1 aliphatic rings. The topological polar surface area (TPSA) is 3.24 Å². The molecule has 0 saturated carbocycles. The van der Waals surface area contributed by atoms with Crippen LogP contribution in [0.15, 0.2) is 12.1 Å². The van der Waals surface area contributed by atoms with Gasteiger partial charge in [-0.1, -0.05) is 12.1 Å². The monoisotopic (exact) mass is 175 g/mol. The molecule has 0 fully saturated rings. The van der Waals surface area contributed by atoms with Gasteiger partial charge in [-0.3, -0.25) is 0 Å². The fraction of sp³-hybridized carbons (Fsp3) is 0.500. The van der Waals surface area contributed by atoms with Crippen LogP contribution in [0.2, 0.25) is 0 Å². The van der Waals surface area contributed by atoms with E-state index in [1.54, 1.807) is 11.1 Å². The van der Waals surface area contributed by atoms with Crippen molar-refractivity contribution in [3.63, 3.8) is 0 Å². The average Bonchev–Trinajstić information content (AvgIpc) is 2.12. The second-order valence-electron chi connectivity index (χ2n) is 4.14. The fourth-order valence-corrected chi connectivity index (χ4v) is 2.15. The van der Waals surface area contributed by atoms with Gasteiger partial charge in [0.25, 0.3) is 0 Å². The minimum atomic E-state index is 1.13. The summed E-state index contributed by atoms with van der Waals surface area (Å²) >= 11 is 0. The van der Waals surface area contributed by atoms with Crippen molar-refractivity contribution in [2.45, 2.75) is 26.8 Å². The molecule has 13 heavy (non-hydrogen) atoms. The first-order chi connectivity index (χ1) is 6.18. The van der Waals surface area contributed by atoms with Crippen LogP contribution in [0.4, 0.5) is 0 Å². The molecule has 70 valence electrons. The zero-order chi connectivity index (χ0) is 9.42. The van der Waals surface area contributed by atoms with Gasteiger partial charge >= 0.3 is 0 Å². The summed E-state index contributed by atoms with van der Waals surface area (Å²) in [5.74, 6) is 0. The van der Waals surface area contributed by atoms with Gasteiger partial charge in [-0.2, -0.15) is 0 Å². The molecular weight excluding hydrogens is 158 g/mol. The molecular formula is C12H17N. The van der Waals surface area contributed by atoms with Gasteiger partial charge in [0, 0.05) is 13.1 Å². The molecule has 0 spiro atoms. The first-order valence-corrected chi connectivity index (χ1v) is 4.95. The van der Waals surface area contributed by atoms with Gasteiger partial charge in [0.1, 0.15) is 0 Å². The lowest BCUT2D eigenvalue weighted by Crippen LogP contribution is -2.27. The predicted molar refractivity (Wildman–Crippen MR) is 56.0 cm³/mol. The van der Waals surface area contributed by atoms with E-state index in [1.807, 2.05) is 0 Å². The number of rotatable bonds is 0. The lowest BCUT2D eigenvalue weighted by atomic mass is 9.92. The summed E-state index contributed by atoms with van der Waals surface area (Å²) in [7, 11) is 2.20. The Bertz CT molecular complexity index is 328. The van der Waals surface area contributed by atoms with Crippen molar-refractivity contribution in [1.82, 2.24) is 4.90 Å². The van der Waals surface area contributed by atoms with Crippen molar-refractivity contribution in [3.05, 3.63) is 34.4 Å². The molecule has 1 heterocycles. The molecule has 2 rings (SSSR count). The Labute approximate surface area is 80.4 Å². The summed E-state index contributed by atoms with van der Waals surface area (Å²) in [4.78, 5) is 2.40. The summed E-state index contributed by atoms with van der Waals surface area (Å²) in [6, 6.07) is 4.49. The molecule has 0 amide bonds. The first-order valence-electron chi connectivity index (χ1n) is 4.95. The van der Waals surface area contributed by atoms with E-state index < -0.39 is 0 Å². The summed E-state index contributed by atoms with van der Waals surface area (Å²) < 4.78 is 0. The molecule has 0 aromatic heterocycles. The van der Waals surface area contributed by atoms with E-state index >= 15 is 0 Å². The largest absolute Gasteiger partial charge is 0.302 e. The van der Waals surface area contributed by atoms with Gasteiger partial charge in [0.2, 0.25) is 0 Å². The van der Waals surface area contributed by atoms with Crippen LogP contribution in [0.5, 0.6) is 0 Å². The van der Waals surface area contributed by atoms with Crippen LogP contribution >= 0.6 is 0 Å². The smallest absolute Gasteiger partial charge is 0.0236 e. The molecule has 1 aromatic rings. The van der Waals surface area contributed by atoms with Crippen LogP contribution in [-0.2, 0) is 13.0 Å². The molecule has 0 bridgehead atoms. The lowest BCUT2D eigenvalue weighted by Gasteiger charge is -2.27. The Morgan fingerprint density at radius 1 is 1.08 bits per heavy atom. The van der Waals surface area contributed by atoms with Crippen molar-refractivity contribution >= 4 is 0 Å². The molecule has 0 atom stereocenters. The van der Waals surface area contributed by atoms with Gasteiger partial charge in [-0.25, -0.2) is 0 Å². The Balaban J connectivity index is 2.51. The Hall–Kier alpha value is -0.820. The van der Waals surface area contributed by atoms with E-state index in [-0.39, 0.29) is 0 Å². The molecule has 0 saturated heterocycles. The summed E-state index contributed by atoms with van der Waals surface area (Å²) in [6.07, 6.45) is 1.22. The Kier molecular flexibility index (Phi) is 2.12. The predicted octanol–water partition coefficient (Wildman–Crippen LogP) is 2.29. The van der Waals surface area contributed by atoms with Gasteiger partial charge in [0.05, 0.1) is 0 Å². The number of likely N-dealkylation sites (N-methyl/N-ethyl adjacent to an activating group) is 1. The van der Waals surface area contributed by atoms with E-state index in [2.05, 4.69) is 37.9 Å². The van der Waals surface area contributed by atoms with Crippen molar-refractivity contribution in [1.29, 1.82) is 0 Å². The number of hydrogen-bond donors (Lipinski definition) is 0. The van der Waals surface area contributed by atoms with Crippen LogP contribution in [0.3, 0.4) is 0 Å². The first kappa shape index (κ1) is 8.76. The van der Waals surface area contributed by atoms with E-state index in [0.717, 1.165) is 6.54 Å². The quantitative estimate of drug-likeness (QED) is 0.585. The van der Waals surface area contributed by atoms with Crippen LogP contribution in [0.1, 0.15) is 22.3 Å². The van der Waals surface area contributed by atoms with Crippen molar-refractivity contribution in [3.8, 4) is 0 Å². The van der Waals surface area contributed by atoms with Crippen LogP contribution < -0.4 is 0 Å². The maximum Gasteiger partial charge on any atom is 0.0236 e. The normalized spacial score (nSPS) is 17.2. The number of fused-ring (bicyclic) bond motifs is 1. The Morgan fingerprint density at radius 3 is 2.38 bits per heavy atom. The molecule has 1 aliphatic heterocycles. The van der Waals surface area contributed by atoms with Gasteiger partial charge in [0.15, 0.2) is 0 Å². The Morgan fingerprint density at radius 2 is 1.69 bits per heavy atom. The zero-order valence-electron chi connectivity index (χ0n) is 8.72. The van der Waals surface area contributed by atoms with E-state index in [1.165, 1.54) is 24.1 Å². The molecule has 0 radical (unpaired) electrons. The minimum Gasteiger partial charge on any atom is -0.302 e. The highest BCUT2D eigenvalue weighted by atomic mass is 15.1. The minimum absolute atomic E-state index is 1.13. The molecule has 1 nitrogen and oxygen atoms in total. The van der Waals surface area contributed by atoms with Gasteiger partial charge in [-0.15, -0.1) is 0 Å². The number of hydrogen-bond acceptors (Lipinski definition) is 1. The average molecular weight is 175 g/mol. The van der Waals surface area contributed by atoms with Gasteiger partial charge < -0.3 is 4.90 Å². The second-order valence-corrected chi connectivity index (χ2v) is 4.14. The summed E-state index contributed by atoms with van der Waals surface area (Å²) in [6.45, 7) is 6.78. The molecule has 1 aromatic carbocycles. The van der Waals surface area contributed by atoms with Crippen molar-refractivity contribution in [2.24, 2.45) is 0 Å². The van der Waals surface area contributed by atoms with Crippen LogP contribution in [0, 0.1) is 13.8 Å². The highest BCUT2D eigenvalue weighted by Crippen LogP contribution is 2.24. The second kappa shape index (κ2) is 3.15. The molecule has 0 aliphatic carbocycles. The van der Waals surface area contributed by atoms with Crippen LogP contribution in [-0.4, -0.2) is 18.5 Å². The number of benzene rings is 1. The summed E-state index contributed by atoms with van der Waals surface area (Å²) in [5.41, 5.74) is 6.08. The maximum absolute atomic E-state index is 2.40. The van der Waals surface area contributed by atoms with E-state index in [9.17, 15) is 0 Å². The SMILES string of the molecule is Cc1ccc(C)c2c1CCN(C)C2. The highest BCUT2D eigenvalue weighted by molar-refractivity contribution is 5.41. The van der Waals surface area contributed by atoms with Crippen molar-refractivity contribution in [2.75, 3.05) is 13.6 Å². The number of aryl methyl sites for hydroxylation is 2. The zero-order valence-corrected chi connectivity index (χ0v) is 8.72. The third-order valence-electron chi connectivity index (χ3n) is 3.07. The van der Waals surface area contributed by atoms with Crippen molar-refractivity contribution < 1.29 is 0 Å². The van der Waals surface area contributed by atoms with Gasteiger partial charge in [-0.05, 0) is 49.6 Å². The van der Waals surface area contributed by atoms with E-state index in [0.29, 0.717) is 0 Å². The van der Waals surface area contributed by atoms with Crippen LogP contribution in [0.25, 0.3) is 0 Å². The highest BCUT2D eigenvalue weighted by Gasteiger charge is 2.15. The molecule has 0 N–H and O–H groups in total. The number of nitrogens with zero attached hydrogens (tertiary/aromatic N) is 1. The summed E-state index contributed by atoms with van der Waals surface area (Å²) in [5, 5.41) is 0. The third kappa shape index (κ3) is 1.49. The van der Waals surface area contributed by atoms with E-state index in [4.69, 9.17) is 0 Å². The molecule has 0 unspecified atom stereocenters. The lowest BCUT2D eigenvalue weighted by molar-refractivity contribution is 0.311.